The van der Waals surface area contributed by atoms with Gasteiger partial charge in [0, 0.05) is 17.8 Å². The lowest BCUT2D eigenvalue weighted by Gasteiger charge is -2.44. The van der Waals surface area contributed by atoms with Crippen LogP contribution in [0.1, 0.15) is 32.4 Å². The number of aliphatic carboxylic acids is 1. The van der Waals surface area contributed by atoms with Crippen molar-refractivity contribution in [2.24, 2.45) is 0 Å². The van der Waals surface area contributed by atoms with Crippen molar-refractivity contribution in [3.05, 3.63) is 35.9 Å². The van der Waals surface area contributed by atoms with E-state index in [1.54, 1.807) is 51.1 Å². The maximum atomic E-state index is 13.3. The molecule has 0 spiro atoms. The van der Waals surface area contributed by atoms with E-state index < -0.39 is 57.8 Å². The minimum atomic E-state index is -1.09. The number of thioether (sulfide) groups is 1. The van der Waals surface area contributed by atoms with E-state index in [0.717, 1.165) is 5.01 Å². The predicted octanol–water partition coefficient (Wildman–Crippen LogP) is -0.445. The lowest BCUT2D eigenvalue weighted by molar-refractivity contribution is -0.162. The maximum absolute atomic E-state index is 13.3. The van der Waals surface area contributed by atoms with Gasteiger partial charge >= 0.3 is 17.8 Å². The highest BCUT2D eigenvalue weighted by atomic mass is 32.2. The number of fused-ring (bicyclic) bond motifs is 1. The van der Waals surface area contributed by atoms with Crippen molar-refractivity contribution in [1.29, 1.82) is 0 Å². The number of hydrogen-bond donors (Lipinski definition) is 3. The Morgan fingerprint density at radius 1 is 1.15 bits per heavy atom. The van der Waals surface area contributed by atoms with Gasteiger partial charge in [0.2, 0.25) is 11.8 Å². The quantitative estimate of drug-likeness (QED) is 0.346. The molecule has 3 heterocycles. The van der Waals surface area contributed by atoms with Gasteiger partial charge in [0.15, 0.2) is 0 Å². The van der Waals surface area contributed by atoms with Crippen LogP contribution in [-0.4, -0.2) is 91.4 Å². The van der Waals surface area contributed by atoms with E-state index in [-0.39, 0.29) is 6.54 Å². The van der Waals surface area contributed by atoms with Crippen LogP contribution >= 0.6 is 11.8 Å². The zero-order valence-electron chi connectivity index (χ0n) is 19.1. The molecule has 3 N–H and O–H groups in total. The fraction of sp³-hybridized carbons (Fsp3) is 0.500. The molecule has 4 atom stereocenters. The Morgan fingerprint density at radius 3 is 2.44 bits per heavy atom. The summed E-state index contributed by atoms with van der Waals surface area (Å²) in [6.07, 6.45) is 0. The predicted molar refractivity (Wildman–Crippen MR) is 122 cm³/mol. The monoisotopic (exact) mass is 489 g/mol. The number of nitrogens with zero attached hydrogens (tertiary/aromatic N) is 3. The number of rotatable bonds is 7. The Kier molecular flexibility index (Phi) is 6.30. The Morgan fingerprint density at radius 2 is 1.82 bits per heavy atom. The van der Waals surface area contributed by atoms with Crippen molar-refractivity contribution in [3.63, 3.8) is 0 Å². The first-order valence-electron chi connectivity index (χ1n) is 11.0. The van der Waals surface area contributed by atoms with Gasteiger partial charge in [-0.05, 0) is 26.3 Å². The highest BCUT2D eigenvalue weighted by Crippen LogP contribution is 2.50. The van der Waals surface area contributed by atoms with Crippen molar-refractivity contribution in [2.75, 3.05) is 19.6 Å². The van der Waals surface area contributed by atoms with Crippen molar-refractivity contribution in [3.8, 4) is 0 Å². The van der Waals surface area contributed by atoms with E-state index in [1.807, 2.05) is 0 Å². The minimum Gasteiger partial charge on any atom is -0.480 e. The molecule has 3 aliphatic rings. The maximum Gasteiger partial charge on any atom is 0.327 e. The van der Waals surface area contributed by atoms with Gasteiger partial charge in [-0.15, -0.1) is 11.8 Å². The van der Waals surface area contributed by atoms with Gasteiger partial charge in [0.25, 0.3) is 0 Å². The summed E-state index contributed by atoms with van der Waals surface area (Å²) >= 11 is 1.33. The van der Waals surface area contributed by atoms with Crippen molar-refractivity contribution in [2.45, 2.75) is 49.0 Å². The van der Waals surface area contributed by atoms with E-state index in [1.165, 1.54) is 21.6 Å². The van der Waals surface area contributed by atoms with E-state index in [2.05, 4.69) is 10.7 Å². The first kappa shape index (κ1) is 24.0. The van der Waals surface area contributed by atoms with Crippen LogP contribution in [0.15, 0.2) is 30.3 Å². The molecule has 4 unspecified atom stereocenters. The van der Waals surface area contributed by atoms with Crippen molar-refractivity contribution in [1.82, 2.24) is 25.6 Å². The zero-order valence-corrected chi connectivity index (χ0v) is 19.9. The van der Waals surface area contributed by atoms with Gasteiger partial charge < -0.3 is 20.2 Å². The van der Waals surface area contributed by atoms with E-state index in [0.29, 0.717) is 18.7 Å². The molecule has 12 heteroatoms. The minimum absolute atomic E-state index is 0.206. The lowest BCUT2D eigenvalue weighted by atomic mass is 9.95. The summed E-state index contributed by atoms with van der Waals surface area (Å²) in [6.45, 7) is 6.25. The summed E-state index contributed by atoms with van der Waals surface area (Å²) in [4.78, 5) is 65.4. The first-order valence-corrected chi connectivity index (χ1v) is 11.9. The number of likely N-dealkylation sites (N-methyl/N-ethyl adjacent to an activating group) is 1. The SMILES string of the molecule is CCN1CCN(NC(C(=O)NC2C(=O)N3C2SC(C)(C)C3C(=O)O)c2ccccc2)C(=O)C1=O. The molecule has 0 aliphatic carbocycles. The molecule has 11 nitrogen and oxygen atoms in total. The Balaban J connectivity index is 1.52. The summed E-state index contributed by atoms with van der Waals surface area (Å²) in [6, 6.07) is 5.76. The first-order chi connectivity index (χ1) is 16.1. The molecule has 0 radical (unpaired) electrons. The number of β-lactam (4-membered cyclic amide) rings is 1. The van der Waals surface area contributed by atoms with Crippen LogP contribution in [0.4, 0.5) is 0 Å². The molecule has 34 heavy (non-hydrogen) atoms. The van der Waals surface area contributed by atoms with Crippen LogP contribution in [0, 0.1) is 0 Å². The van der Waals surface area contributed by atoms with Gasteiger partial charge in [-0.3, -0.25) is 24.2 Å². The normalized spacial score (nSPS) is 26.7. The smallest absolute Gasteiger partial charge is 0.327 e. The largest absolute Gasteiger partial charge is 0.480 e. The fourth-order valence-electron chi connectivity index (χ4n) is 4.57. The fourth-order valence-corrected chi connectivity index (χ4v) is 6.19. The highest BCUT2D eigenvalue weighted by Gasteiger charge is 2.64. The van der Waals surface area contributed by atoms with E-state index in [9.17, 15) is 29.1 Å². The molecule has 4 rings (SSSR count). The van der Waals surface area contributed by atoms with Crippen LogP contribution in [0.5, 0.6) is 0 Å². The molecule has 3 aliphatic heterocycles. The molecule has 0 saturated carbocycles. The number of benzene rings is 1. The number of carbonyl (C=O) groups is 5. The molecule has 0 aromatic heterocycles. The van der Waals surface area contributed by atoms with Gasteiger partial charge in [-0.2, -0.15) is 0 Å². The molecule has 3 saturated heterocycles. The molecular formula is C22H27N5O6S. The molecule has 1 aromatic carbocycles. The number of amides is 4. The molecule has 182 valence electrons. The van der Waals surface area contributed by atoms with Gasteiger partial charge in [-0.1, -0.05) is 30.3 Å². The third kappa shape index (κ3) is 4.00. The molecular weight excluding hydrogens is 462 g/mol. The number of hydrazine groups is 1. The van der Waals surface area contributed by atoms with Crippen LogP contribution in [-0.2, 0) is 24.0 Å². The summed E-state index contributed by atoms with van der Waals surface area (Å²) in [5.41, 5.74) is 3.41. The second-order valence-electron chi connectivity index (χ2n) is 8.90. The Labute approximate surface area is 200 Å². The standard InChI is InChI=1S/C22H27N5O6S/c1-4-25-10-11-26(19(31)18(25)30)24-13(12-8-6-5-7-9-12)16(28)23-14-17(29)27-15(21(32)33)22(2,3)34-20(14)27/h5-9,13-15,20,24H,4,10-11H2,1-3H3,(H,23,28)(H,32,33). The number of hydrogen-bond acceptors (Lipinski definition) is 7. The Hall–Kier alpha value is -3.12. The molecule has 0 bridgehead atoms. The van der Waals surface area contributed by atoms with Gasteiger partial charge in [0.05, 0.1) is 6.54 Å². The topological polar surface area (TPSA) is 139 Å². The lowest BCUT2D eigenvalue weighted by Crippen LogP contribution is -2.71. The van der Waals surface area contributed by atoms with E-state index >= 15 is 0 Å². The van der Waals surface area contributed by atoms with Gasteiger partial charge in [-0.25, -0.2) is 10.2 Å². The molecule has 3 fully saturated rings. The molecule has 4 amide bonds. The second kappa shape index (κ2) is 8.91. The third-order valence-corrected chi connectivity index (χ3v) is 7.91. The highest BCUT2D eigenvalue weighted by molar-refractivity contribution is 8.01. The van der Waals surface area contributed by atoms with Crippen LogP contribution in [0.25, 0.3) is 0 Å². The average Bonchev–Trinajstić information content (AvgIpc) is 3.06. The summed E-state index contributed by atoms with van der Waals surface area (Å²) < 4.78 is -0.714. The van der Waals surface area contributed by atoms with Crippen molar-refractivity contribution < 1.29 is 29.1 Å². The molecule has 1 aromatic rings. The number of carbonyl (C=O) groups excluding carboxylic acids is 4. The number of nitrogens with one attached hydrogen (secondary N) is 2. The summed E-state index contributed by atoms with van der Waals surface area (Å²) in [5.74, 6) is -3.51. The van der Waals surface area contributed by atoms with Crippen LogP contribution in [0.2, 0.25) is 0 Å². The van der Waals surface area contributed by atoms with E-state index in [4.69, 9.17) is 0 Å². The third-order valence-electron chi connectivity index (χ3n) is 6.34. The summed E-state index contributed by atoms with van der Waals surface area (Å²) in [5, 5.41) is 12.9. The zero-order chi connectivity index (χ0) is 24.8. The average molecular weight is 490 g/mol. The van der Waals surface area contributed by atoms with Crippen LogP contribution < -0.4 is 10.7 Å². The number of carboxylic acid groups (broad SMARTS) is 1. The summed E-state index contributed by atoms with van der Waals surface area (Å²) in [7, 11) is 0. The van der Waals surface area contributed by atoms with Crippen LogP contribution in [0.3, 0.4) is 0 Å². The number of piperazine rings is 1. The number of carboxylic acids is 1. The van der Waals surface area contributed by atoms with Gasteiger partial charge in [0.1, 0.15) is 23.5 Å². The van der Waals surface area contributed by atoms with Crippen molar-refractivity contribution >= 4 is 41.4 Å². The second-order valence-corrected chi connectivity index (χ2v) is 10.7. The Bertz CT molecular complexity index is 1030.